The van der Waals surface area contributed by atoms with Gasteiger partial charge >= 0.3 is 12.4 Å². The van der Waals surface area contributed by atoms with Crippen LogP contribution in [0.2, 0.25) is 0 Å². The Hall–Kier alpha value is -2.31. The number of hydrogen-bond donors (Lipinski definition) is 2. The van der Waals surface area contributed by atoms with Crippen molar-refractivity contribution in [3.05, 3.63) is 41.1 Å². The average Bonchev–Trinajstić information content (AvgIpc) is 2.51. The highest BCUT2D eigenvalue weighted by atomic mass is 19.4. The van der Waals surface area contributed by atoms with Gasteiger partial charge in [0.1, 0.15) is 5.69 Å². The average molecular weight is 362 g/mol. The monoisotopic (exact) mass is 362 g/mol. The summed E-state index contributed by atoms with van der Waals surface area (Å²) < 4.78 is 78.4. The summed E-state index contributed by atoms with van der Waals surface area (Å²) in [5.74, 6) is 2.21. The molecule has 2 aromatic rings. The van der Waals surface area contributed by atoms with E-state index in [1.54, 1.807) is 0 Å². The maximum atomic E-state index is 13.1. The molecule has 0 saturated heterocycles. The summed E-state index contributed by atoms with van der Waals surface area (Å²) in [5, 5.41) is 12.5. The van der Waals surface area contributed by atoms with Gasteiger partial charge in [0.25, 0.3) is 0 Å². The van der Waals surface area contributed by atoms with Gasteiger partial charge in [-0.05, 0) is 17.7 Å². The van der Waals surface area contributed by atoms with Crippen LogP contribution in [0.25, 0.3) is 10.9 Å². The Labute approximate surface area is 138 Å². The minimum absolute atomic E-state index is 0.0417. The quantitative estimate of drug-likeness (QED) is 0.497. The molecule has 3 nitrogen and oxygen atoms in total. The molecular formula is C16H12F6N2O. The summed E-state index contributed by atoms with van der Waals surface area (Å²) in [6.07, 6.45) is -6.33. The number of fused-ring (bicyclic) bond motifs is 1. The first-order chi connectivity index (χ1) is 11.6. The van der Waals surface area contributed by atoms with E-state index in [1.165, 1.54) is 6.07 Å². The van der Waals surface area contributed by atoms with Gasteiger partial charge < -0.3 is 10.4 Å². The van der Waals surface area contributed by atoms with Crippen LogP contribution in [0.4, 0.5) is 26.3 Å². The smallest absolute Gasteiger partial charge is 0.387 e. The van der Waals surface area contributed by atoms with Crippen LogP contribution in [0.5, 0.6) is 0 Å². The fourth-order valence-corrected chi connectivity index (χ4v) is 2.32. The second-order valence-electron chi connectivity index (χ2n) is 5.14. The lowest BCUT2D eigenvalue weighted by Crippen LogP contribution is -2.22. The van der Waals surface area contributed by atoms with Crippen LogP contribution in [0.15, 0.2) is 24.3 Å². The SMILES string of the molecule is C#CCNCC(O)c1cc(C(F)(F)F)nc2c(C(F)(F)F)cccc12. The van der Waals surface area contributed by atoms with Crippen LogP contribution in [0, 0.1) is 12.3 Å². The van der Waals surface area contributed by atoms with E-state index < -0.39 is 35.2 Å². The molecule has 1 aromatic heterocycles. The van der Waals surface area contributed by atoms with Crippen LogP contribution >= 0.6 is 0 Å². The molecular weight excluding hydrogens is 350 g/mol. The zero-order chi connectivity index (χ0) is 18.8. The van der Waals surface area contributed by atoms with Gasteiger partial charge in [0, 0.05) is 11.9 Å². The fraction of sp³-hybridized carbons (Fsp3) is 0.312. The number of aliphatic hydroxyl groups excluding tert-OH is 1. The maximum Gasteiger partial charge on any atom is 0.433 e. The van der Waals surface area contributed by atoms with Crippen molar-refractivity contribution >= 4 is 10.9 Å². The molecule has 25 heavy (non-hydrogen) atoms. The predicted molar refractivity (Wildman–Crippen MR) is 78.4 cm³/mol. The van der Waals surface area contributed by atoms with Crippen molar-refractivity contribution in [2.24, 2.45) is 0 Å². The summed E-state index contributed by atoms with van der Waals surface area (Å²) in [7, 11) is 0. The topological polar surface area (TPSA) is 45.1 Å². The Morgan fingerprint density at radius 3 is 2.40 bits per heavy atom. The largest absolute Gasteiger partial charge is 0.433 e. The van der Waals surface area contributed by atoms with Gasteiger partial charge in [0.05, 0.1) is 23.7 Å². The summed E-state index contributed by atoms with van der Waals surface area (Å²) >= 11 is 0. The molecule has 0 aliphatic heterocycles. The third-order valence-electron chi connectivity index (χ3n) is 3.39. The van der Waals surface area contributed by atoms with Crippen LogP contribution in [0.3, 0.4) is 0 Å². The molecule has 0 radical (unpaired) electrons. The van der Waals surface area contributed by atoms with E-state index in [1.807, 2.05) is 0 Å². The molecule has 2 N–H and O–H groups in total. The third kappa shape index (κ3) is 4.21. The molecule has 0 aliphatic rings. The number of alkyl halides is 6. The molecule has 0 amide bonds. The highest BCUT2D eigenvalue weighted by Crippen LogP contribution is 2.38. The molecule has 0 saturated carbocycles. The summed E-state index contributed by atoms with van der Waals surface area (Å²) in [6.45, 7) is -0.184. The number of benzene rings is 1. The van der Waals surface area contributed by atoms with E-state index in [0.717, 1.165) is 6.07 Å². The number of rotatable bonds is 4. The number of aliphatic hydroxyl groups is 1. The number of para-hydroxylation sites is 1. The molecule has 9 heteroatoms. The third-order valence-corrected chi connectivity index (χ3v) is 3.39. The van der Waals surface area contributed by atoms with E-state index in [0.29, 0.717) is 12.1 Å². The normalized spacial score (nSPS) is 13.7. The van der Waals surface area contributed by atoms with Crippen LogP contribution < -0.4 is 5.32 Å². The molecule has 0 spiro atoms. The lowest BCUT2D eigenvalue weighted by molar-refractivity contribution is -0.142. The molecule has 0 bridgehead atoms. The first-order valence-electron chi connectivity index (χ1n) is 6.96. The van der Waals surface area contributed by atoms with Gasteiger partial charge in [0.15, 0.2) is 0 Å². The number of nitrogens with one attached hydrogen (secondary N) is 1. The van der Waals surface area contributed by atoms with E-state index in [2.05, 4.69) is 16.2 Å². The summed E-state index contributed by atoms with van der Waals surface area (Å²) in [5.41, 5.74) is -3.99. The summed E-state index contributed by atoms with van der Waals surface area (Å²) in [6, 6.07) is 3.41. The predicted octanol–water partition coefficient (Wildman–Crippen LogP) is 3.53. The Balaban J connectivity index is 2.69. The molecule has 1 atom stereocenters. The Bertz CT molecular complexity index is 807. The second-order valence-corrected chi connectivity index (χ2v) is 5.14. The van der Waals surface area contributed by atoms with Crippen molar-refractivity contribution in [1.29, 1.82) is 0 Å². The van der Waals surface area contributed by atoms with Gasteiger partial charge in [-0.1, -0.05) is 18.1 Å². The Kier molecular flexibility index (Phi) is 5.25. The zero-order valence-corrected chi connectivity index (χ0v) is 12.5. The number of terminal acetylenes is 1. The maximum absolute atomic E-state index is 13.1. The Morgan fingerprint density at radius 1 is 1.16 bits per heavy atom. The van der Waals surface area contributed by atoms with E-state index in [9.17, 15) is 31.4 Å². The second kappa shape index (κ2) is 6.90. The van der Waals surface area contributed by atoms with Crippen molar-refractivity contribution in [2.45, 2.75) is 18.5 Å². The van der Waals surface area contributed by atoms with Crippen LogP contribution in [0.1, 0.15) is 22.9 Å². The van der Waals surface area contributed by atoms with Gasteiger partial charge in [-0.15, -0.1) is 6.42 Å². The van der Waals surface area contributed by atoms with Gasteiger partial charge in [-0.2, -0.15) is 26.3 Å². The number of hydrogen-bond acceptors (Lipinski definition) is 3. The van der Waals surface area contributed by atoms with Crippen molar-refractivity contribution < 1.29 is 31.4 Å². The number of nitrogens with zero attached hydrogens (tertiary/aromatic N) is 1. The lowest BCUT2D eigenvalue weighted by atomic mass is 9.99. The highest BCUT2D eigenvalue weighted by Gasteiger charge is 2.37. The minimum Gasteiger partial charge on any atom is -0.387 e. The van der Waals surface area contributed by atoms with Crippen molar-refractivity contribution in [1.82, 2.24) is 10.3 Å². The molecule has 0 fully saturated rings. The van der Waals surface area contributed by atoms with E-state index in [-0.39, 0.29) is 24.0 Å². The molecule has 0 aliphatic carbocycles. The molecule has 1 aromatic carbocycles. The van der Waals surface area contributed by atoms with Crippen LogP contribution in [-0.4, -0.2) is 23.2 Å². The molecule has 134 valence electrons. The minimum atomic E-state index is -4.96. The van der Waals surface area contributed by atoms with Gasteiger partial charge in [0.2, 0.25) is 0 Å². The van der Waals surface area contributed by atoms with Crippen LogP contribution in [-0.2, 0) is 12.4 Å². The van der Waals surface area contributed by atoms with Crippen molar-refractivity contribution in [2.75, 3.05) is 13.1 Å². The molecule has 2 rings (SSSR count). The summed E-state index contributed by atoms with van der Waals surface area (Å²) in [4.78, 5) is 3.14. The lowest BCUT2D eigenvalue weighted by Gasteiger charge is -2.18. The Morgan fingerprint density at radius 2 is 1.84 bits per heavy atom. The van der Waals surface area contributed by atoms with Crippen molar-refractivity contribution in [3.8, 4) is 12.3 Å². The zero-order valence-electron chi connectivity index (χ0n) is 12.5. The van der Waals surface area contributed by atoms with Gasteiger partial charge in [-0.25, -0.2) is 4.98 Å². The standard InChI is InChI=1S/C16H12F6N2O/c1-2-6-23-8-12(25)10-7-13(16(20,21)22)24-14-9(10)4-3-5-11(14)15(17,18)19/h1,3-5,7,12,23,25H,6,8H2. The fourth-order valence-electron chi connectivity index (χ4n) is 2.32. The van der Waals surface area contributed by atoms with E-state index in [4.69, 9.17) is 6.42 Å². The first-order valence-corrected chi connectivity index (χ1v) is 6.96. The van der Waals surface area contributed by atoms with Gasteiger partial charge in [-0.3, -0.25) is 0 Å². The molecule has 1 heterocycles. The first kappa shape index (κ1) is 19.0. The highest BCUT2D eigenvalue weighted by molar-refractivity contribution is 5.86. The number of aromatic nitrogens is 1. The van der Waals surface area contributed by atoms with Crippen molar-refractivity contribution in [3.63, 3.8) is 0 Å². The van der Waals surface area contributed by atoms with E-state index >= 15 is 0 Å². The molecule has 1 unspecified atom stereocenters. The number of halogens is 6. The number of pyridine rings is 1.